The molecule has 0 unspecified atom stereocenters. The number of rotatable bonds is 4. The fraction of sp³-hybridized carbons (Fsp3) is 0.125. The van der Waals surface area contributed by atoms with Crippen LogP contribution in [0.4, 0.5) is 13.2 Å². The number of nitrogens with zero attached hydrogens (tertiary/aromatic N) is 1. The highest BCUT2D eigenvalue weighted by Gasteiger charge is 2.30. The number of aromatic nitrogens is 1. The summed E-state index contributed by atoms with van der Waals surface area (Å²) in [5.41, 5.74) is 3.83. The highest BCUT2D eigenvalue weighted by Crippen LogP contribution is 2.32. The molecule has 0 aliphatic carbocycles. The Hall–Kier alpha value is -2.79. The smallest absolute Gasteiger partial charge is 0.248 e. The minimum atomic E-state index is -4.34. The van der Waals surface area contributed by atoms with Crippen molar-refractivity contribution in [3.63, 3.8) is 0 Å². The maximum absolute atomic E-state index is 12.8. The normalized spacial score (nSPS) is 11.7. The zero-order valence-electron chi connectivity index (χ0n) is 15.7. The van der Waals surface area contributed by atoms with Crippen molar-refractivity contribution < 1.29 is 13.2 Å². The van der Waals surface area contributed by atoms with Crippen LogP contribution in [-0.4, -0.2) is 4.98 Å². The summed E-state index contributed by atoms with van der Waals surface area (Å²) >= 11 is 1.74. The lowest BCUT2D eigenvalue weighted by atomic mass is 10.0. The molecule has 0 saturated carbocycles. The van der Waals surface area contributed by atoms with Crippen molar-refractivity contribution in [3.05, 3.63) is 95.6 Å². The zero-order valence-corrected chi connectivity index (χ0v) is 16.5. The number of hydrogen-bond acceptors (Lipinski definition) is 2. The van der Waals surface area contributed by atoms with E-state index in [-0.39, 0.29) is 0 Å². The van der Waals surface area contributed by atoms with Gasteiger partial charge in [0.2, 0.25) is 0 Å². The van der Waals surface area contributed by atoms with Gasteiger partial charge < -0.3 is 0 Å². The third-order valence-electron chi connectivity index (χ3n) is 4.74. The van der Waals surface area contributed by atoms with E-state index in [9.17, 15) is 13.2 Å². The van der Waals surface area contributed by atoms with Gasteiger partial charge in [-0.15, -0.1) is 11.8 Å². The molecule has 0 saturated heterocycles. The summed E-state index contributed by atoms with van der Waals surface area (Å²) in [7, 11) is 0. The highest BCUT2D eigenvalue weighted by atomic mass is 32.2. The van der Waals surface area contributed by atoms with Gasteiger partial charge in [0.15, 0.2) is 0 Å². The summed E-state index contributed by atoms with van der Waals surface area (Å²) < 4.78 is 38.4. The predicted molar refractivity (Wildman–Crippen MR) is 113 cm³/mol. The van der Waals surface area contributed by atoms with E-state index < -0.39 is 11.7 Å². The van der Waals surface area contributed by atoms with Gasteiger partial charge in [-0.05, 0) is 48.4 Å². The van der Waals surface area contributed by atoms with Crippen LogP contribution in [0.5, 0.6) is 0 Å². The van der Waals surface area contributed by atoms with Gasteiger partial charge in [0.05, 0.1) is 16.8 Å². The van der Waals surface area contributed by atoms with Crippen molar-refractivity contribution in [2.24, 2.45) is 0 Å². The Morgan fingerprint density at radius 3 is 2.28 bits per heavy atom. The van der Waals surface area contributed by atoms with Crippen LogP contribution in [-0.2, 0) is 11.9 Å². The van der Waals surface area contributed by atoms with Crippen LogP contribution < -0.4 is 0 Å². The lowest BCUT2D eigenvalue weighted by Gasteiger charge is -2.10. The molecule has 0 N–H and O–H groups in total. The van der Waals surface area contributed by atoms with Crippen LogP contribution >= 0.6 is 11.8 Å². The van der Waals surface area contributed by atoms with Crippen molar-refractivity contribution in [1.82, 2.24) is 4.98 Å². The lowest BCUT2D eigenvalue weighted by molar-refractivity contribution is -0.137. The number of pyridine rings is 1. The first-order valence-corrected chi connectivity index (χ1v) is 10.1. The van der Waals surface area contributed by atoms with E-state index in [0.29, 0.717) is 11.3 Å². The summed E-state index contributed by atoms with van der Waals surface area (Å²) in [6, 6.07) is 23.5. The molecule has 0 aliphatic rings. The van der Waals surface area contributed by atoms with Crippen molar-refractivity contribution in [3.8, 4) is 11.3 Å². The van der Waals surface area contributed by atoms with Crippen LogP contribution in [0.2, 0.25) is 0 Å². The van der Waals surface area contributed by atoms with E-state index in [4.69, 9.17) is 4.98 Å². The molecule has 1 nitrogen and oxygen atoms in total. The largest absolute Gasteiger partial charge is 0.416 e. The second-order valence-corrected chi connectivity index (χ2v) is 7.90. The summed E-state index contributed by atoms with van der Waals surface area (Å²) in [5.74, 6) is 0.865. The van der Waals surface area contributed by atoms with Crippen molar-refractivity contribution in [2.45, 2.75) is 23.7 Å². The van der Waals surface area contributed by atoms with Gasteiger partial charge >= 0.3 is 6.18 Å². The van der Waals surface area contributed by atoms with E-state index in [1.54, 1.807) is 11.8 Å². The van der Waals surface area contributed by atoms with Crippen molar-refractivity contribution in [1.29, 1.82) is 0 Å². The van der Waals surface area contributed by atoms with Crippen LogP contribution in [0.3, 0.4) is 0 Å². The number of thioether (sulfide) groups is 1. The monoisotopic (exact) mass is 409 g/mol. The summed E-state index contributed by atoms with van der Waals surface area (Å²) in [5, 5.41) is 1.05. The summed E-state index contributed by atoms with van der Waals surface area (Å²) in [4.78, 5) is 5.83. The molecule has 5 heteroatoms. The molecule has 0 bridgehead atoms. The van der Waals surface area contributed by atoms with E-state index in [1.807, 2.05) is 37.3 Å². The zero-order chi connectivity index (χ0) is 20.4. The Balaban J connectivity index is 1.64. The number of alkyl halides is 3. The Bertz CT molecular complexity index is 1140. The molecule has 29 heavy (non-hydrogen) atoms. The van der Waals surface area contributed by atoms with Crippen LogP contribution in [0.15, 0.2) is 83.8 Å². The number of hydrogen-bond donors (Lipinski definition) is 0. The van der Waals surface area contributed by atoms with Crippen molar-refractivity contribution in [2.75, 3.05) is 0 Å². The van der Waals surface area contributed by atoms with Gasteiger partial charge in [-0.1, -0.05) is 48.5 Å². The van der Waals surface area contributed by atoms with E-state index in [0.717, 1.165) is 39.2 Å². The number of aryl methyl sites for hydroxylation is 1. The molecule has 0 radical (unpaired) electrons. The molecule has 0 atom stereocenters. The fourth-order valence-electron chi connectivity index (χ4n) is 3.19. The first-order valence-electron chi connectivity index (χ1n) is 9.16. The second-order valence-electron chi connectivity index (χ2n) is 6.85. The fourth-order valence-corrected chi connectivity index (χ4v) is 4.08. The maximum atomic E-state index is 12.8. The molecule has 0 spiro atoms. The minimum Gasteiger partial charge on any atom is -0.248 e. The maximum Gasteiger partial charge on any atom is 0.416 e. The third kappa shape index (κ3) is 4.46. The Kier molecular flexibility index (Phi) is 5.33. The van der Waals surface area contributed by atoms with Crippen LogP contribution in [0, 0.1) is 6.92 Å². The quantitative estimate of drug-likeness (QED) is 0.323. The topological polar surface area (TPSA) is 12.9 Å². The Morgan fingerprint density at radius 1 is 0.862 bits per heavy atom. The molecular weight excluding hydrogens is 391 g/mol. The molecule has 4 rings (SSSR count). The highest BCUT2D eigenvalue weighted by molar-refractivity contribution is 7.98. The number of halogens is 3. The van der Waals surface area contributed by atoms with Gasteiger partial charge in [0.25, 0.3) is 0 Å². The molecular formula is C24H18F3NS. The van der Waals surface area contributed by atoms with E-state index >= 15 is 0 Å². The van der Waals surface area contributed by atoms with Gasteiger partial charge in [0, 0.05) is 21.6 Å². The predicted octanol–water partition coefficient (Wildman–Crippen LogP) is 7.52. The third-order valence-corrected chi connectivity index (χ3v) is 5.81. The van der Waals surface area contributed by atoms with Crippen LogP contribution in [0.25, 0.3) is 22.2 Å². The molecule has 1 heterocycles. The number of fused-ring (bicyclic) bond motifs is 1. The summed E-state index contributed by atoms with van der Waals surface area (Å²) in [6.45, 7) is 1.99. The summed E-state index contributed by atoms with van der Waals surface area (Å²) in [6.07, 6.45) is -4.34. The molecule has 0 aliphatic heterocycles. The first kappa shape index (κ1) is 19.5. The van der Waals surface area contributed by atoms with Gasteiger partial charge in [-0.25, -0.2) is 4.98 Å². The standard InChI is InChI=1S/C24H18F3NS/c1-16-13-22(18-7-9-19(10-8-18)24(25,26)27)28-23-14-20(11-12-21(16)23)29-15-17-5-3-2-4-6-17/h2-14H,15H2,1H3. The van der Waals surface area contributed by atoms with Gasteiger partial charge in [-0.2, -0.15) is 13.2 Å². The van der Waals surface area contributed by atoms with Gasteiger partial charge in [-0.3, -0.25) is 0 Å². The second kappa shape index (κ2) is 7.91. The molecule has 0 fully saturated rings. The molecule has 3 aromatic carbocycles. The Labute approximate surface area is 171 Å². The molecule has 146 valence electrons. The van der Waals surface area contributed by atoms with Crippen molar-refractivity contribution >= 4 is 22.7 Å². The molecule has 0 amide bonds. The number of benzene rings is 3. The van der Waals surface area contributed by atoms with Gasteiger partial charge in [0.1, 0.15) is 0 Å². The average molecular weight is 409 g/mol. The van der Waals surface area contributed by atoms with E-state index in [1.165, 1.54) is 17.7 Å². The SMILES string of the molecule is Cc1cc(-c2ccc(C(F)(F)F)cc2)nc2cc(SCc3ccccc3)ccc12. The minimum absolute atomic E-state index is 0.654. The Morgan fingerprint density at radius 2 is 1.59 bits per heavy atom. The average Bonchev–Trinajstić information content (AvgIpc) is 2.72. The molecule has 1 aromatic heterocycles. The molecule has 4 aromatic rings. The first-order chi connectivity index (χ1) is 13.9. The lowest BCUT2D eigenvalue weighted by Crippen LogP contribution is -2.04. The van der Waals surface area contributed by atoms with Crippen LogP contribution in [0.1, 0.15) is 16.7 Å². The van der Waals surface area contributed by atoms with E-state index in [2.05, 4.69) is 24.3 Å².